The number of thiophene rings is 1. The fourth-order valence-electron chi connectivity index (χ4n) is 2.06. The summed E-state index contributed by atoms with van der Waals surface area (Å²) in [6, 6.07) is 11.2. The van der Waals surface area contributed by atoms with Crippen molar-refractivity contribution >= 4 is 41.0 Å². The monoisotopic (exact) mass is 371 g/mol. The summed E-state index contributed by atoms with van der Waals surface area (Å²) < 4.78 is 5.38. The van der Waals surface area contributed by atoms with Crippen LogP contribution in [0.2, 0.25) is 0 Å². The third-order valence-corrected chi connectivity index (χ3v) is 4.94. The highest BCUT2D eigenvalue weighted by molar-refractivity contribution is 7.99. The molecule has 0 spiro atoms. The minimum Gasteiger partial charge on any atom is -0.494 e. The molecule has 0 fully saturated rings. The zero-order chi connectivity index (χ0) is 17.5. The Bertz CT molecular complexity index is 840. The second kappa shape index (κ2) is 8.64. The molecule has 1 N–H and O–H groups in total. The third-order valence-electron chi connectivity index (χ3n) is 3.25. The number of nitrogens with zero attached hydrogens (tertiary/aromatic N) is 2. The standard InChI is InChI=1S/C18H17N3O2S2/c1-2-23-14-7-5-13(6-8-14)16(22)12-25-18-19-17(20-21-18)10-9-15-4-3-11-24-15/h3-11H,2,12H2,1H3,(H,19,20,21)/b10-9+. The van der Waals surface area contributed by atoms with Crippen LogP contribution in [-0.4, -0.2) is 33.3 Å². The van der Waals surface area contributed by atoms with E-state index in [1.807, 2.05) is 48.7 Å². The van der Waals surface area contributed by atoms with Crippen molar-refractivity contribution in [3.8, 4) is 5.75 Å². The van der Waals surface area contributed by atoms with Crippen molar-refractivity contribution < 1.29 is 9.53 Å². The van der Waals surface area contributed by atoms with Crippen LogP contribution < -0.4 is 4.74 Å². The van der Waals surface area contributed by atoms with Gasteiger partial charge < -0.3 is 4.74 Å². The Morgan fingerprint density at radius 1 is 1.28 bits per heavy atom. The van der Waals surface area contributed by atoms with Gasteiger partial charge in [0.05, 0.1) is 12.4 Å². The molecule has 7 heteroatoms. The van der Waals surface area contributed by atoms with Crippen LogP contribution in [0.1, 0.15) is 28.0 Å². The lowest BCUT2D eigenvalue weighted by molar-refractivity contribution is 0.102. The Balaban J connectivity index is 1.53. The van der Waals surface area contributed by atoms with Crippen LogP contribution in [0.4, 0.5) is 0 Å². The predicted octanol–water partition coefficient (Wildman–Crippen LogP) is 4.41. The third kappa shape index (κ3) is 5.04. The molecule has 0 saturated heterocycles. The number of hydrogen-bond acceptors (Lipinski definition) is 6. The molecule has 0 saturated carbocycles. The Hall–Kier alpha value is -2.38. The van der Waals surface area contributed by atoms with E-state index in [0.717, 1.165) is 10.6 Å². The van der Waals surface area contributed by atoms with E-state index in [-0.39, 0.29) is 5.78 Å². The van der Waals surface area contributed by atoms with E-state index in [1.54, 1.807) is 23.5 Å². The van der Waals surface area contributed by atoms with Crippen molar-refractivity contribution in [3.05, 3.63) is 58.0 Å². The Labute approximate surface area is 154 Å². The summed E-state index contributed by atoms with van der Waals surface area (Å²) in [5.74, 6) is 1.76. The molecule has 0 amide bonds. The molecule has 3 rings (SSSR count). The number of ketones is 1. The summed E-state index contributed by atoms with van der Waals surface area (Å²) in [6.45, 7) is 2.54. The van der Waals surface area contributed by atoms with E-state index in [9.17, 15) is 4.79 Å². The Kier molecular flexibility index (Phi) is 6.03. The summed E-state index contributed by atoms with van der Waals surface area (Å²) in [5, 5.41) is 9.57. The van der Waals surface area contributed by atoms with Crippen molar-refractivity contribution in [1.29, 1.82) is 0 Å². The highest BCUT2D eigenvalue weighted by atomic mass is 32.2. The van der Waals surface area contributed by atoms with Crippen molar-refractivity contribution in [2.45, 2.75) is 12.1 Å². The van der Waals surface area contributed by atoms with E-state index in [4.69, 9.17) is 4.74 Å². The van der Waals surface area contributed by atoms with Crippen LogP contribution in [0.5, 0.6) is 5.75 Å². The van der Waals surface area contributed by atoms with Gasteiger partial charge in [-0.25, -0.2) is 4.98 Å². The molecular formula is C18H17N3O2S2. The zero-order valence-electron chi connectivity index (χ0n) is 13.6. The first-order chi connectivity index (χ1) is 12.2. The SMILES string of the molecule is CCOc1ccc(C(=O)CSc2n[nH]c(/C=C/c3cccs3)n2)cc1. The highest BCUT2D eigenvalue weighted by Gasteiger charge is 2.09. The minimum absolute atomic E-state index is 0.0357. The molecule has 0 atom stereocenters. The number of benzene rings is 1. The van der Waals surface area contributed by atoms with Gasteiger partial charge in [0.25, 0.3) is 0 Å². The molecule has 128 valence electrons. The summed E-state index contributed by atoms with van der Waals surface area (Å²) in [7, 11) is 0. The number of carbonyl (C=O) groups excluding carboxylic acids is 1. The van der Waals surface area contributed by atoms with Crippen LogP contribution in [0, 0.1) is 0 Å². The second-order valence-electron chi connectivity index (χ2n) is 5.02. The molecule has 3 aromatic rings. The van der Waals surface area contributed by atoms with Crippen LogP contribution in [0.3, 0.4) is 0 Å². The van der Waals surface area contributed by atoms with Gasteiger partial charge in [0.15, 0.2) is 5.78 Å². The fraction of sp³-hybridized carbons (Fsp3) is 0.167. The van der Waals surface area contributed by atoms with Gasteiger partial charge in [0.1, 0.15) is 11.6 Å². The molecule has 0 bridgehead atoms. The molecule has 5 nitrogen and oxygen atoms in total. The number of nitrogens with one attached hydrogen (secondary N) is 1. The van der Waals surface area contributed by atoms with Gasteiger partial charge in [-0.1, -0.05) is 17.8 Å². The normalized spacial score (nSPS) is 11.1. The largest absolute Gasteiger partial charge is 0.494 e. The number of hydrogen-bond donors (Lipinski definition) is 1. The number of carbonyl (C=O) groups is 1. The molecule has 0 aliphatic carbocycles. The molecular weight excluding hydrogens is 354 g/mol. The van der Waals surface area contributed by atoms with Crippen LogP contribution in [-0.2, 0) is 0 Å². The van der Waals surface area contributed by atoms with E-state index in [1.165, 1.54) is 11.8 Å². The van der Waals surface area contributed by atoms with Gasteiger partial charge in [0, 0.05) is 10.4 Å². The maximum Gasteiger partial charge on any atom is 0.209 e. The first-order valence-electron chi connectivity index (χ1n) is 7.77. The maximum absolute atomic E-state index is 12.2. The van der Waals surface area contributed by atoms with Crippen molar-refractivity contribution in [2.75, 3.05) is 12.4 Å². The van der Waals surface area contributed by atoms with E-state index in [0.29, 0.717) is 28.9 Å². The average molecular weight is 371 g/mol. The number of rotatable bonds is 8. The van der Waals surface area contributed by atoms with Gasteiger partial charge in [-0.05, 0) is 54.8 Å². The van der Waals surface area contributed by atoms with Gasteiger partial charge in [-0.2, -0.15) is 0 Å². The van der Waals surface area contributed by atoms with Gasteiger partial charge >= 0.3 is 0 Å². The maximum atomic E-state index is 12.2. The quantitative estimate of drug-likeness (QED) is 0.469. The van der Waals surface area contributed by atoms with Crippen LogP contribution >= 0.6 is 23.1 Å². The molecule has 0 radical (unpaired) electrons. The Morgan fingerprint density at radius 3 is 2.84 bits per heavy atom. The van der Waals surface area contributed by atoms with Crippen LogP contribution in [0.15, 0.2) is 46.9 Å². The lowest BCUT2D eigenvalue weighted by Gasteiger charge is -2.03. The van der Waals surface area contributed by atoms with Crippen molar-refractivity contribution in [2.24, 2.45) is 0 Å². The minimum atomic E-state index is 0.0357. The van der Waals surface area contributed by atoms with Gasteiger partial charge in [0.2, 0.25) is 5.16 Å². The average Bonchev–Trinajstić information content (AvgIpc) is 3.30. The predicted molar refractivity (Wildman–Crippen MR) is 102 cm³/mol. The van der Waals surface area contributed by atoms with Gasteiger partial charge in [-0.15, -0.1) is 16.4 Å². The van der Waals surface area contributed by atoms with Crippen LogP contribution in [0.25, 0.3) is 12.2 Å². The summed E-state index contributed by atoms with van der Waals surface area (Å²) in [5.41, 5.74) is 0.657. The van der Waals surface area contributed by atoms with E-state index < -0.39 is 0 Å². The lowest BCUT2D eigenvalue weighted by Crippen LogP contribution is -2.02. The number of Topliss-reactive ketones (excluding diaryl/α,β-unsaturated/α-hetero) is 1. The molecule has 2 heterocycles. The first-order valence-corrected chi connectivity index (χ1v) is 9.64. The summed E-state index contributed by atoms with van der Waals surface area (Å²) in [6.07, 6.45) is 3.85. The Morgan fingerprint density at radius 2 is 2.12 bits per heavy atom. The molecule has 0 aliphatic rings. The van der Waals surface area contributed by atoms with E-state index in [2.05, 4.69) is 15.2 Å². The van der Waals surface area contributed by atoms with Crippen molar-refractivity contribution in [1.82, 2.24) is 15.2 Å². The molecule has 0 aliphatic heterocycles. The summed E-state index contributed by atoms with van der Waals surface area (Å²) in [4.78, 5) is 17.7. The number of aromatic nitrogens is 3. The summed E-state index contributed by atoms with van der Waals surface area (Å²) >= 11 is 2.97. The number of aromatic amines is 1. The molecule has 25 heavy (non-hydrogen) atoms. The molecule has 2 aromatic heterocycles. The smallest absolute Gasteiger partial charge is 0.209 e. The highest BCUT2D eigenvalue weighted by Crippen LogP contribution is 2.18. The molecule has 1 aromatic carbocycles. The van der Waals surface area contributed by atoms with Gasteiger partial charge in [-0.3, -0.25) is 9.89 Å². The lowest BCUT2D eigenvalue weighted by atomic mass is 10.1. The number of thioether (sulfide) groups is 1. The number of ether oxygens (including phenoxy) is 1. The topological polar surface area (TPSA) is 67.9 Å². The van der Waals surface area contributed by atoms with E-state index >= 15 is 0 Å². The second-order valence-corrected chi connectivity index (χ2v) is 6.94. The first kappa shape index (κ1) is 17.4. The fourth-order valence-corrected chi connectivity index (χ4v) is 3.38. The zero-order valence-corrected chi connectivity index (χ0v) is 15.3. The van der Waals surface area contributed by atoms with Crippen molar-refractivity contribution in [3.63, 3.8) is 0 Å². The number of H-pyrrole nitrogens is 1. The molecule has 0 unspecified atom stereocenters.